The van der Waals surface area contributed by atoms with Gasteiger partial charge in [0, 0.05) is 60.8 Å². The number of halogens is 4. The maximum atomic E-state index is 15.0. The highest BCUT2D eigenvalue weighted by molar-refractivity contribution is 6.31. The van der Waals surface area contributed by atoms with Crippen LogP contribution in [0, 0.1) is 23.7 Å². The number of nitrogens with zero attached hydrogens (tertiary/aromatic N) is 7. The quantitative estimate of drug-likeness (QED) is 0.221. The van der Waals surface area contributed by atoms with Crippen LogP contribution in [0.4, 0.5) is 13.2 Å². The molecule has 6 rings (SSSR count). The lowest BCUT2D eigenvalue weighted by molar-refractivity contribution is -0.160. The van der Waals surface area contributed by atoms with Crippen molar-refractivity contribution >= 4 is 76.6 Å². The highest BCUT2D eigenvalue weighted by Crippen LogP contribution is 2.37. The van der Waals surface area contributed by atoms with Crippen LogP contribution in [0.2, 0.25) is 5.02 Å². The number of alkyl halides is 3. The van der Waals surface area contributed by atoms with Crippen molar-refractivity contribution < 1.29 is 65.9 Å². The third kappa shape index (κ3) is 17.8. The van der Waals surface area contributed by atoms with E-state index in [4.69, 9.17) is 11.6 Å². The number of nitrogens with one attached hydrogen (secondary N) is 4. The van der Waals surface area contributed by atoms with Crippen LogP contribution in [0.5, 0.6) is 0 Å². The van der Waals surface area contributed by atoms with Gasteiger partial charge in [0.15, 0.2) is 0 Å². The number of rotatable bonds is 10. The molecule has 11 amide bonds. The lowest BCUT2D eigenvalue weighted by atomic mass is 9.84. The summed E-state index contributed by atoms with van der Waals surface area (Å²) < 4.78 is 41.4. The second kappa shape index (κ2) is 32.1. The molecule has 1 aromatic rings. The number of hydrogen-bond donors (Lipinski definition) is 4. The molecule has 5 fully saturated rings. The first-order valence-electron chi connectivity index (χ1n) is 33.1. The van der Waals surface area contributed by atoms with Crippen molar-refractivity contribution in [2.45, 2.75) is 237 Å². The number of benzene rings is 1. The summed E-state index contributed by atoms with van der Waals surface area (Å²) in [4.78, 5) is 170. The van der Waals surface area contributed by atoms with Crippen LogP contribution >= 0.6 is 11.6 Å². The Morgan fingerprint density at radius 1 is 0.652 bits per heavy atom. The number of aryl methyl sites for hydroxylation is 1. The van der Waals surface area contributed by atoms with Crippen LogP contribution in [-0.4, -0.2) is 214 Å². The van der Waals surface area contributed by atoms with Gasteiger partial charge in [-0.1, -0.05) is 111 Å². The Morgan fingerprint density at radius 2 is 1.29 bits per heavy atom. The first-order valence-corrected chi connectivity index (χ1v) is 33.5. The molecule has 5 aliphatic rings. The van der Waals surface area contributed by atoms with Crippen LogP contribution in [0.15, 0.2) is 18.2 Å². The molecule has 514 valence electrons. The van der Waals surface area contributed by atoms with E-state index in [-0.39, 0.29) is 82.7 Å². The number of likely N-dealkylation sites (N-methyl/N-ethyl adjacent to an activating group) is 5. The molecule has 3 saturated heterocycles. The van der Waals surface area contributed by atoms with E-state index in [0.29, 0.717) is 31.2 Å². The molecule has 0 unspecified atom stereocenters. The minimum absolute atomic E-state index is 0.0383. The Kier molecular flexibility index (Phi) is 26.0. The average Bonchev–Trinajstić information content (AvgIpc) is 1.23. The zero-order valence-electron chi connectivity index (χ0n) is 56.2. The van der Waals surface area contributed by atoms with E-state index in [2.05, 4.69) is 21.3 Å². The van der Waals surface area contributed by atoms with Crippen molar-refractivity contribution in [2.75, 3.05) is 54.9 Å². The fraction of sp³-hybridized carbons (Fsp3) is 0.742. The SMILES string of the molecule is CC[C@H](C)[C@@H]1NC(=O)[C@H](CC(C)C)N(C)C(=O)C[C@@H](C)NC(=O)[C@H](C(C)C)N(C)C(=O)C2(CCCC2)NC(=O)[C@@H]2CCCN2C(=O)[C@H](CCc2ccc(C(F)(F)F)c(Cl)c2)NC(=O)CN(C)C(=O)[C@H](CC2CCCCC2)N(C)C(=O)[C@@H]2CCN2C(=O)[C@H](C)N(C)C1=O. The maximum Gasteiger partial charge on any atom is 0.417 e. The van der Waals surface area contributed by atoms with Crippen LogP contribution < -0.4 is 21.3 Å². The predicted octanol–water partition coefficient (Wildman–Crippen LogP) is 5.70. The molecule has 1 aromatic carbocycles. The first kappa shape index (κ1) is 74.5. The van der Waals surface area contributed by atoms with Gasteiger partial charge in [-0.2, -0.15) is 13.2 Å². The monoisotopic (exact) mass is 1320 g/mol. The second-order valence-electron chi connectivity index (χ2n) is 27.5. The number of amides is 11. The largest absolute Gasteiger partial charge is 0.417 e. The van der Waals surface area contributed by atoms with Gasteiger partial charge in [0.2, 0.25) is 65.0 Å². The number of carbonyl (C=O) groups excluding carboxylic acids is 11. The van der Waals surface area contributed by atoms with Gasteiger partial charge in [0.25, 0.3) is 0 Å². The average molecular weight is 1320 g/mol. The third-order valence-electron chi connectivity index (χ3n) is 19.9. The molecule has 26 heteroatoms. The molecular formula is C66H101ClF3N11O11. The molecule has 0 radical (unpaired) electrons. The first-order chi connectivity index (χ1) is 43.1. The Bertz CT molecular complexity index is 2870. The highest BCUT2D eigenvalue weighted by atomic mass is 35.5. The van der Waals surface area contributed by atoms with Gasteiger partial charge < -0.3 is 55.6 Å². The molecule has 3 aliphatic heterocycles. The standard InChI is InChI=1S/C66H101ClF3N11O11/c1-14-40(6)54-63(91)76(10)42(8)59(87)81-32-28-49(81)62(90)78(12)51(36-43-21-16-15-17-22-43)61(89)75(9)37-52(82)72-47(27-25-44-24-26-45(46(67)35-44)66(68,69)70)60(88)80-31-20-23-48(80)57(85)74-65(29-18-19-30-65)64(92)79(13)55(39(4)5)58(86)71-41(7)34-53(83)77(11)50(33-38(2)3)56(84)73-54/h24,26,35,38-43,47-51,54-55H,14-23,25,27-34,36-37H2,1-13H3,(H,71,86)(H,72,82)(H,73,84)(H,74,85)/t40-,41+,42-,47-,48-,49-,50-,51-,54-,55-/m0/s1. The molecule has 92 heavy (non-hydrogen) atoms. The van der Waals surface area contributed by atoms with Crippen molar-refractivity contribution in [1.82, 2.24) is 55.6 Å². The zero-order chi connectivity index (χ0) is 68.4. The van der Waals surface area contributed by atoms with Gasteiger partial charge in [-0.25, -0.2) is 0 Å². The van der Waals surface area contributed by atoms with Gasteiger partial charge >= 0.3 is 6.18 Å². The Balaban J connectivity index is 1.38. The molecule has 0 aromatic heterocycles. The third-order valence-corrected chi connectivity index (χ3v) is 20.2. The van der Waals surface area contributed by atoms with Crippen LogP contribution in [0.1, 0.15) is 176 Å². The summed E-state index contributed by atoms with van der Waals surface area (Å²) in [6.07, 6.45) is 2.38. The predicted molar refractivity (Wildman–Crippen MR) is 340 cm³/mol. The van der Waals surface area contributed by atoms with Crippen molar-refractivity contribution in [1.29, 1.82) is 0 Å². The van der Waals surface area contributed by atoms with Gasteiger partial charge in [0.1, 0.15) is 53.9 Å². The minimum atomic E-state index is -4.74. The van der Waals surface area contributed by atoms with Gasteiger partial charge in [-0.15, -0.1) is 0 Å². The minimum Gasteiger partial charge on any atom is -0.351 e. The van der Waals surface area contributed by atoms with Crippen molar-refractivity contribution in [2.24, 2.45) is 23.7 Å². The van der Waals surface area contributed by atoms with Crippen molar-refractivity contribution in [3.05, 3.63) is 34.3 Å². The lowest BCUT2D eigenvalue weighted by Crippen LogP contribution is -2.65. The van der Waals surface area contributed by atoms with E-state index >= 15 is 9.59 Å². The summed E-state index contributed by atoms with van der Waals surface area (Å²) in [6, 6.07) is -6.70. The van der Waals surface area contributed by atoms with E-state index in [0.717, 1.165) is 49.1 Å². The van der Waals surface area contributed by atoms with Gasteiger partial charge in [-0.05, 0) is 113 Å². The summed E-state index contributed by atoms with van der Waals surface area (Å²) in [5.41, 5.74) is -2.24. The van der Waals surface area contributed by atoms with Crippen molar-refractivity contribution in [3.63, 3.8) is 0 Å². The van der Waals surface area contributed by atoms with E-state index in [1.54, 1.807) is 27.7 Å². The summed E-state index contributed by atoms with van der Waals surface area (Å²) in [5.74, 6) is -7.56. The topological polar surface area (TPSA) is 259 Å². The van der Waals surface area contributed by atoms with Crippen LogP contribution in [-0.2, 0) is 65.3 Å². The van der Waals surface area contributed by atoms with Gasteiger partial charge in [-0.3, -0.25) is 52.7 Å². The van der Waals surface area contributed by atoms with E-state index in [1.807, 2.05) is 20.8 Å². The van der Waals surface area contributed by atoms with Crippen LogP contribution in [0.3, 0.4) is 0 Å². The summed E-state index contributed by atoms with van der Waals surface area (Å²) in [6.45, 7) is 13.7. The molecule has 2 aliphatic carbocycles. The number of fused-ring (bicyclic) bond motifs is 2. The van der Waals surface area contributed by atoms with Crippen molar-refractivity contribution in [3.8, 4) is 0 Å². The lowest BCUT2D eigenvalue weighted by Gasteiger charge is -2.45. The smallest absolute Gasteiger partial charge is 0.351 e. The van der Waals surface area contributed by atoms with E-state index < -0.39 is 160 Å². The molecule has 1 spiro atoms. The van der Waals surface area contributed by atoms with Gasteiger partial charge in [0.05, 0.1) is 17.1 Å². The number of hydrogen-bond acceptors (Lipinski definition) is 11. The van der Waals surface area contributed by atoms with Crippen LogP contribution in [0.25, 0.3) is 0 Å². The fourth-order valence-corrected chi connectivity index (χ4v) is 14.2. The normalized spacial score (nSPS) is 28.1. The molecular weight excluding hydrogens is 1220 g/mol. The summed E-state index contributed by atoms with van der Waals surface area (Å²) in [7, 11) is 7.29. The Morgan fingerprint density at radius 3 is 1.87 bits per heavy atom. The summed E-state index contributed by atoms with van der Waals surface area (Å²) in [5, 5.41) is 11.0. The fourth-order valence-electron chi connectivity index (χ4n) is 13.9. The molecule has 4 N–H and O–H groups in total. The Labute approximate surface area is 545 Å². The molecule has 2 saturated carbocycles. The van der Waals surface area contributed by atoms with E-state index in [9.17, 15) is 56.3 Å². The maximum absolute atomic E-state index is 15.0. The Hall–Kier alpha value is -6.53. The number of carbonyl (C=O) groups is 11. The molecule has 0 bridgehead atoms. The van der Waals surface area contributed by atoms with E-state index in [1.165, 1.54) is 77.6 Å². The summed E-state index contributed by atoms with van der Waals surface area (Å²) >= 11 is 6.13. The second-order valence-corrected chi connectivity index (χ2v) is 27.9. The molecule has 3 heterocycles. The highest BCUT2D eigenvalue weighted by Gasteiger charge is 2.50. The molecule has 22 nitrogen and oxygen atoms in total. The molecule has 10 atom stereocenters. The zero-order valence-corrected chi connectivity index (χ0v) is 57.0.